The molecule has 3 fully saturated rings. The van der Waals surface area contributed by atoms with E-state index >= 15 is 0 Å². The predicted octanol–water partition coefficient (Wildman–Crippen LogP) is 0.0154. The van der Waals surface area contributed by atoms with E-state index in [4.69, 9.17) is 4.74 Å². The van der Waals surface area contributed by atoms with Gasteiger partial charge in [0.2, 0.25) is 5.91 Å². The molecular formula is C12H13NO4. The van der Waals surface area contributed by atoms with Gasteiger partial charge < -0.3 is 14.7 Å². The summed E-state index contributed by atoms with van der Waals surface area (Å²) in [7, 11) is 0. The molecule has 3 heterocycles. The van der Waals surface area contributed by atoms with Crippen molar-refractivity contribution in [2.45, 2.75) is 30.6 Å². The number of aliphatic carboxylic acids is 1. The SMILES string of the molecule is O=C(O)[C@@H]1[C@@H]2C=C[C@]3(CN(C4CC4)C(=O)[C@H]13)O2. The molecule has 1 N–H and O–H groups in total. The van der Waals surface area contributed by atoms with Gasteiger partial charge in [-0.25, -0.2) is 0 Å². The van der Waals surface area contributed by atoms with Gasteiger partial charge in [0, 0.05) is 6.04 Å². The van der Waals surface area contributed by atoms with Crippen LogP contribution in [-0.4, -0.2) is 46.2 Å². The van der Waals surface area contributed by atoms with E-state index in [2.05, 4.69) is 0 Å². The van der Waals surface area contributed by atoms with Gasteiger partial charge in [0.15, 0.2) is 0 Å². The Labute approximate surface area is 98.0 Å². The van der Waals surface area contributed by atoms with Crippen LogP contribution in [0.25, 0.3) is 0 Å². The minimum absolute atomic E-state index is 0.0215. The molecule has 1 amide bonds. The summed E-state index contributed by atoms with van der Waals surface area (Å²) in [6, 6.07) is 0.327. The lowest BCUT2D eigenvalue weighted by atomic mass is 9.77. The molecule has 0 aromatic heterocycles. The average Bonchev–Trinajstić information content (AvgIpc) is 2.89. The Morgan fingerprint density at radius 2 is 2.29 bits per heavy atom. The monoisotopic (exact) mass is 235 g/mol. The number of carbonyl (C=O) groups is 2. The highest BCUT2D eigenvalue weighted by atomic mass is 16.5. The van der Waals surface area contributed by atoms with Crippen LogP contribution < -0.4 is 0 Å². The summed E-state index contributed by atoms with van der Waals surface area (Å²) in [4.78, 5) is 25.4. The number of nitrogens with zero attached hydrogens (tertiary/aromatic N) is 1. The summed E-state index contributed by atoms with van der Waals surface area (Å²) in [6.07, 6.45) is 5.38. The van der Waals surface area contributed by atoms with E-state index in [0.717, 1.165) is 12.8 Å². The van der Waals surface area contributed by atoms with E-state index in [9.17, 15) is 14.7 Å². The second-order valence-corrected chi connectivity index (χ2v) is 5.44. The summed E-state index contributed by atoms with van der Waals surface area (Å²) in [6.45, 7) is 0.540. The number of rotatable bonds is 2. The van der Waals surface area contributed by atoms with Crippen LogP contribution in [0.1, 0.15) is 12.8 Å². The summed E-state index contributed by atoms with van der Waals surface area (Å²) in [5.74, 6) is -2.14. The molecule has 3 aliphatic heterocycles. The van der Waals surface area contributed by atoms with E-state index in [1.54, 1.807) is 6.08 Å². The fraction of sp³-hybridized carbons (Fsp3) is 0.667. The normalized spacial score (nSPS) is 46.7. The van der Waals surface area contributed by atoms with Crippen molar-refractivity contribution in [2.75, 3.05) is 6.54 Å². The van der Waals surface area contributed by atoms with Crippen LogP contribution in [0.15, 0.2) is 12.2 Å². The maximum atomic E-state index is 12.3. The molecule has 0 unspecified atom stereocenters. The number of hydrogen-bond acceptors (Lipinski definition) is 3. The first-order valence-corrected chi connectivity index (χ1v) is 6.03. The van der Waals surface area contributed by atoms with Crippen LogP contribution in [0.4, 0.5) is 0 Å². The number of carboxylic acids is 1. The highest BCUT2D eigenvalue weighted by Gasteiger charge is 2.68. The predicted molar refractivity (Wildman–Crippen MR) is 56.1 cm³/mol. The van der Waals surface area contributed by atoms with Crippen molar-refractivity contribution < 1.29 is 19.4 Å². The molecule has 0 aromatic rings. The van der Waals surface area contributed by atoms with Gasteiger partial charge in [-0.1, -0.05) is 12.2 Å². The quantitative estimate of drug-likeness (QED) is 0.685. The molecular weight excluding hydrogens is 222 g/mol. The van der Waals surface area contributed by atoms with Gasteiger partial charge in [0.25, 0.3) is 0 Å². The summed E-state index contributed by atoms with van der Waals surface area (Å²) < 4.78 is 5.78. The van der Waals surface area contributed by atoms with Crippen LogP contribution in [0.5, 0.6) is 0 Å². The van der Waals surface area contributed by atoms with Gasteiger partial charge in [-0.15, -0.1) is 0 Å². The molecule has 1 saturated carbocycles. The molecule has 17 heavy (non-hydrogen) atoms. The Hall–Kier alpha value is -1.36. The van der Waals surface area contributed by atoms with E-state index in [1.807, 2.05) is 11.0 Å². The molecule has 5 heteroatoms. The van der Waals surface area contributed by atoms with Crippen molar-refractivity contribution >= 4 is 11.9 Å². The lowest BCUT2D eigenvalue weighted by molar-refractivity contribution is -0.148. The zero-order valence-electron chi connectivity index (χ0n) is 9.20. The zero-order chi connectivity index (χ0) is 11.8. The Kier molecular flexibility index (Phi) is 1.54. The Balaban J connectivity index is 1.76. The first-order chi connectivity index (χ1) is 8.12. The Morgan fingerprint density at radius 3 is 2.94 bits per heavy atom. The number of amides is 1. The topological polar surface area (TPSA) is 66.8 Å². The molecule has 2 saturated heterocycles. The number of carboxylic acid groups (broad SMARTS) is 1. The van der Waals surface area contributed by atoms with Crippen molar-refractivity contribution in [1.29, 1.82) is 0 Å². The van der Waals surface area contributed by atoms with E-state index in [1.165, 1.54) is 0 Å². The number of likely N-dealkylation sites (tertiary alicyclic amines) is 1. The summed E-state index contributed by atoms with van der Waals surface area (Å²) >= 11 is 0. The largest absolute Gasteiger partial charge is 0.481 e. The Morgan fingerprint density at radius 1 is 1.53 bits per heavy atom. The van der Waals surface area contributed by atoms with Crippen molar-refractivity contribution in [3.05, 3.63) is 12.2 Å². The standard InChI is InChI=1S/C12H13NO4/c14-10-9-8(11(15)16)7-3-4-12(9,17-7)5-13(10)6-1-2-6/h3-4,6-9H,1-2,5H2,(H,15,16)/t7-,8+,9-,12+/m0/s1. The van der Waals surface area contributed by atoms with Crippen LogP contribution in [0.2, 0.25) is 0 Å². The fourth-order valence-corrected chi connectivity index (χ4v) is 3.51. The molecule has 1 spiro atoms. The summed E-state index contributed by atoms with van der Waals surface area (Å²) in [5, 5.41) is 9.25. The lowest BCUT2D eigenvalue weighted by Crippen LogP contribution is -2.39. The first kappa shape index (κ1) is 9.65. The smallest absolute Gasteiger partial charge is 0.310 e. The number of fused-ring (bicyclic) bond motifs is 1. The maximum Gasteiger partial charge on any atom is 0.310 e. The lowest BCUT2D eigenvalue weighted by Gasteiger charge is -2.21. The summed E-state index contributed by atoms with van der Waals surface area (Å²) in [5.41, 5.74) is -0.645. The van der Waals surface area contributed by atoms with E-state index in [0.29, 0.717) is 12.6 Å². The highest BCUT2D eigenvalue weighted by molar-refractivity contribution is 5.91. The van der Waals surface area contributed by atoms with Crippen molar-refractivity contribution in [2.24, 2.45) is 11.8 Å². The maximum absolute atomic E-state index is 12.3. The Bertz CT molecular complexity index is 455. The fourth-order valence-electron chi connectivity index (χ4n) is 3.51. The average molecular weight is 235 g/mol. The molecule has 90 valence electrons. The van der Waals surface area contributed by atoms with Crippen molar-refractivity contribution in [1.82, 2.24) is 4.90 Å². The minimum Gasteiger partial charge on any atom is -0.481 e. The van der Waals surface area contributed by atoms with Crippen LogP contribution in [0.3, 0.4) is 0 Å². The third-order valence-corrected chi connectivity index (χ3v) is 4.40. The van der Waals surface area contributed by atoms with Crippen molar-refractivity contribution in [3.8, 4) is 0 Å². The van der Waals surface area contributed by atoms with Gasteiger partial charge in [-0.3, -0.25) is 9.59 Å². The highest BCUT2D eigenvalue weighted by Crippen LogP contribution is 2.53. The third-order valence-electron chi connectivity index (χ3n) is 4.40. The second-order valence-electron chi connectivity index (χ2n) is 5.44. The molecule has 5 nitrogen and oxygen atoms in total. The van der Waals surface area contributed by atoms with Gasteiger partial charge in [-0.05, 0) is 12.8 Å². The molecule has 1 aliphatic carbocycles. The molecule has 4 rings (SSSR count). The van der Waals surface area contributed by atoms with Crippen LogP contribution in [0, 0.1) is 11.8 Å². The molecule has 2 bridgehead atoms. The molecule has 0 aromatic carbocycles. The van der Waals surface area contributed by atoms with Crippen molar-refractivity contribution in [3.63, 3.8) is 0 Å². The molecule has 4 aliphatic rings. The van der Waals surface area contributed by atoms with E-state index in [-0.39, 0.29) is 5.91 Å². The van der Waals surface area contributed by atoms with E-state index < -0.39 is 29.5 Å². The zero-order valence-corrected chi connectivity index (χ0v) is 9.20. The number of hydrogen-bond donors (Lipinski definition) is 1. The third kappa shape index (κ3) is 1.03. The molecule has 4 atom stereocenters. The van der Waals surface area contributed by atoms with Gasteiger partial charge >= 0.3 is 5.97 Å². The van der Waals surface area contributed by atoms with Gasteiger partial charge in [0.05, 0.1) is 18.6 Å². The number of ether oxygens (including phenoxy) is 1. The van der Waals surface area contributed by atoms with Crippen LogP contribution in [-0.2, 0) is 14.3 Å². The van der Waals surface area contributed by atoms with Gasteiger partial charge in [0.1, 0.15) is 11.5 Å². The van der Waals surface area contributed by atoms with Gasteiger partial charge in [-0.2, -0.15) is 0 Å². The minimum atomic E-state index is -0.919. The second kappa shape index (κ2) is 2.72. The first-order valence-electron chi connectivity index (χ1n) is 6.03. The number of carbonyl (C=O) groups excluding carboxylic acids is 1. The molecule has 0 radical (unpaired) electrons. The van der Waals surface area contributed by atoms with Crippen LogP contribution >= 0.6 is 0 Å².